The lowest BCUT2D eigenvalue weighted by atomic mass is 9.91. The number of benzene rings is 1. The molecule has 1 heterocycles. The van der Waals surface area contributed by atoms with Gasteiger partial charge in [-0.3, -0.25) is 0 Å². The molecule has 0 amide bonds. The van der Waals surface area contributed by atoms with Crippen molar-refractivity contribution in [2.24, 2.45) is 5.73 Å². The summed E-state index contributed by atoms with van der Waals surface area (Å²) >= 11 is 1.89. The Bertz CT molecular complexity index is 461. The van der Waals surface area contributed by atoms with E-state index >= 15 is 0 Å². The van der Waals surface area contributed by atoms with Crippen LogP contribution in [-0.4, -0.2) is 5.25 Å². The molecule has 0 radical (unpaired) electrons. The summed E-state index contributed by atoms with van der Waals surface area (Å²) in [5.74, 6) is 0. The molecule has 4 N–H and O–H groups in total. The number of rotatable bonds is 1. The van der Waals surface area contributed by atoms with Gasteiger partial charge in [0, 0.05) is 11.4 Å². The maximum absolute atomic E-state index is 5.94. The topological polar surface area (TPSA) is 52.0 Å². The van der Waals surface area contributed by atoms with E-state index in [2.05, 4.69) is 18.2 Å². The molecule has 0 spiro atoms. The molecule has 0 saturated carbocycles. The molecular weight excluding hydrogens is 204 g/mol. The normalized spacial score (nSPS) is 32.0. The summed E-state index contributed by atoms with van der Waals surface area (Å²) in [6.45, 7) is 0. The second-order valence-electron chi connectivity index (χ2n) is 3.94. The van der Waals surface area contributed by atoms with Crippen molar-refractivity contribution in [2.75, 3.05) is 5.73 Å². The van der Waals surface area contributed by atoms with Gasteiger partial charge in [-0.25, -0.2) is 0 Å². The summed E-state index contributed by atoms with van der Waals surface area (Å²) in [5, 5.41) is 0.422. The number of fused-ring (bicyclic) bond motifs is 1. The molecule has 0 bridgehead atoms. The van der Waals surface area contributed by atoms with Crippen LogP contribution in [0.25, 0.3) is 0 Å². The van der Waals surface area contributed by atoms with E-state index in [0.29, 0.717) is 5.25 Å². The van der Waals surface area contributed by atoms with Crippen LogP contribution in [0.3, 0.4) is 0 Å². The van der Waals surface area contributed by atoms with Crippen LogP contribution in [0.1, 0.15) is 5.56 Å². The molecule has 0 aromatic heterocycles. The van der Waals surface area contributed by atoms with Gasteiger partial charge in [-0.1, -0.05) is 24.3 Å². The van der Waals surface area contributed by atoms with Crippen molar-refractivity contribution in [1.29, 1.82) is 0 Å². The molecule has 1 aromatic carbocycles. The number of nitrogen functional groups attached to an aromatic ring is 1. The van der Waals surface area contributed by atoms with Crippen molar-refractivity contribution in [3.8, 4) is 0 Å². The van der Waals surface area contributed by atoms with E-state index in [4.69, 9.17) is 11.5 Å². The van der Waals surface area contributed by atoms with Gasteiger partial charge in [0.05, 0.1) is 10.00 Å². The van der Waals surface area contributed by atoms with Crippen LogP contribution in [0.2, 0.25) is 0 Å². The number of nitrogens with two attached hydrogens (primary N) is 2. The molecule has 2 aliphatic rings. The van der Waals surface area contributed by atoms with E-state index in [-0.39, 0.29) is 4.75 Å². The van der Waals surface area contributed by atoms with Gasteiger partial charge < -0.3 is 11.5 Å². The second-order valence-corrected chi connectivity index (χ2v) is 5.32. The fourth-order valence-corrected chi connectivity index (χ4v) is 3.37. The molecule has 1 fully saturated rings. The quantitative estimate of drug-likeness (QED) is 0.557. The Balaban J connectivity index is 2.01. The van der Waals surface area contributed by atoms with Gasteiger partial charge >= 0.3 is 0 Å². The lowest BCUT2D eigenvalue weighted by molar-refractivity contribution is 0.860. The molecule has 3 rings (SSSR count). The van der Waals surface area contributed by atoms with Crippen molar-refractivity contribution >= 4 is 17.4 Å². The van der Waals surface area contributed by atoms with E-state index in [9.17, 15) is 0 Å². The zero-order valence-corrected chi connectivity index (χ0v) is 9.00. The van der Waals surface area contributed by atoms with Crippen molar-refractivity contribution in [3.05, 3.63) is 53.8 Å². The van der Waals surface area contributed by atoms with E-state index in [1.165, 1.54) is 5.56 Å². The number of allylic oxidation sites excluding steroid dienone is 2. The SMILES string of the molecule is NC1=CC=CC2(c3ccc(N)cc3)SC12. The molecule has 1 saturated heterocycles. The van der Waals surface area contributed by atoms with Gasteiger partial charge in [-0.05, 0) is 23.8 Å². The molecule has 1 aromatic rings. The highest BCUT2D eigenvalue weighted by Gasteiger charge is 2.57. The van der Waals surface area contributed by atoms with Crippen LogP contribution in [-0.2, 0) is 4.75 Å². The highest BCUT2D eigenvalue weighted by atomic mass is 32.2. The highest BCUT2D eigenvalue weighted by molar-refractivity contribution is 8.08. The van der Waals surface area contributed by atoms with Crippen LogP contribution >= 0.6 is 11.8 Å². The monoisotopic (exact) mass is 216 g/mol. The van der Waals surface area contributed by atoms with Crippen molar-refractivity contribution in [1.82, 2.24) is 0 Å². The third kappa shape index (κ3) is 1.20. The maximum atomic E-state index is 5.94. The lowest BCUT2D eigenvalue weighted by Gasteiger charge is -2.14. The Morgan fingerprint density at radius 2 is 1.87 bits per heavy atom. The minimum absolute atomic E-state index is 0.0898. The minimum atomic E-state index is 0.0898. The summed E-state index contributed by atoms with van der Waals surface area (Å²) in [6, 6.07) is 8.07. The Morgan fingerprint density at radius 3 is 2.60 bits per heavy atom. The number of hydrogen-bond donors (Lipinski definition) is 2. The first kappa shape index (κ1) is 8.92. The number of hydrogen-bond acceptors (Lipinski definition) is 3. The van der Waals surface area contributed by atoms with Crippen LogP contribution in [0.5, 0.6) is 0 Å². The molecule has 2 atom stereocenters. The first-order valence-corrected chi connectivity index (χ1v) is 5.79. The first-order valence-electron chi connectivity index (χ1n) is 4.91. The summed E-state index contributed by atoms with van der Waals surface area (Å²) in [6.07, 6.45) is 6.26. The zero-order chi connectivity index (χ0) is 10.5. The third-order valence-electron chi connectivity index (χ3n) is 2.94. The van der Waals surface area contributed by atoms with Gasteiger partial charge in [-0.2, -0.15) is 0 Å². The van der Waals surface area contributed by atoms with Gasteiger partial charge in [0.15, 0.2) is 0 Å². The average molecular weight is 216 g/mol. The van der Waals surface area contributed by atoms with Crippen LogP contribution < -0.4 is 11.5 Å². The Hall–Kier alpha value is -1.35. The van der Waals surface area contributed by atoms with Gasteiger partial charge in [0.1, 0.15) is 0 Å². The van der Waals surface area contributed by atoms with Gasteiger partial charge in [0.2, 0.25) is 0 Å². The molecule has 76 valence electrons. The summed E-state index contributed by atoms with van der Waals surface area (Å²) in [5.41, 5.74) is 14.7. The van der Waals surface area contributed by atoms with Gasteiger partial charge in [0.25, 0.3) is 0 Å². The van der Waals surface area contributed by atoms with Crippen molar-refractivity contribution in [3.63, 3.8) is 0 Å². The fourth-order valence-electron chi connectivity index (χ4n) is 2.05. The second kappa shape index (κ2) is 2.83. The highest BCUT2D eigenvalue weighted by Crippen LogP contribution is 2.65. The van der Waals surface area contributed by atoms with E-state index in [1.54, 1.807) is 0 Å². The Labute approximate surface area is 93.0 Å². The van der Waals surface area contributed by atoms with Crippen LogP contribution in [0.4, 0.5) is 5.69 Å². The minimum Gasteiger partial charge on any atom is -0.401 e. The van der Waals surface area contributed by atoms with Gasteiger partial charge in [-0.15, -0.1) is 11.8 Å². The standard InChI is InChI=1S/C12H12N2S/c13-9-5-3-8(4-6-9)12-7-1-2-10(14)11(12)15-12/h1-7,11H,13-14H2. The molecule has 2 unspecified atom stereocenters. The maximum Gasteiger partial charge on any atom is 0.0772 e. The smallest absolute Gasteiger partial charge is 0.0772 e. The average Bonchev–Trinajstić information content (AvgIpc) is 2.96. The van der Waals surface area contributed by atoms with Crippen molar-refractivity contribution < 1.29 is 0 Å². The largest absolute Gasteiger partial charge is 0.401 e. The van der Waals surface area contributed by atoms with E-state index in [0.717, 1.165) is 11.4 Å². The van der Waals surface area contributed by atoms with E-state index in [1.807, 2.05) is 36.0 Å². The Morgan fingerprint density at radius 1 is 1.13 bits per heavy atom. The molecule has 3 heteroatoms. The third-order valence-corrected chi connectivity index (χ3v) is 4.57. The summed E-state index contributed by atoms with van der Waals surface area (Å²) in [7, 11) is 0. The molecular formula is C12H12N2S. The molecule has 2 nitrogen and oxygen atoms in total. The predicted octanol–water partition coefficient (Wildman–Crippen LogP) is 1.99. The van der Waals surface area contributed by atoms with E-state index < -0.39 is 0 Å². The summed E-state index contributed by atoms with van der Waals surface area (Å²) in [4.78, 5) is 0. The Kier molecular flexibility index (Phi) is 1.68. The predicted molar refractivity (Wildman–Crippen MR) is 65.3 cm³/mol. The number of thioether (sulfide) groups is 1. The fraction of sp³-hybridized carbons (Fsp3) is 0.167. The number of anilines is 1. The summed E-state index contributed by atoms with van der Waals surface area (Å²) < 4.78 is 0.0898. The molecule has 1 aliphatic carbocycles. The van der Waals surface area contributed by atoms with Crippen molar-refractivity contribution in [2.45, 2.75) is 10.00 Å². The molecule has 1 aliphatic heterocycles. The lowest BCUT2D eigenvalue weighted by Crippen LogP contribution is -2.17. The van der Waals surface area contributed by atoms with Crippen LogP contribution in [0, 0.1) is 0 Å². The molecule has 15 heavy (non-hydrogen) atoms. The van der Waals surface area contributed by atoms with Crippen LogP contribution in [0.15, 0.2) is 48.2 Å². The first-order chi connectivity index (χ1) is 7.22. The zero-order valence-electron chi connectivity index (χ0n) is 8.18.